The van der Waals surface area contributed by atoms with Gasteiger partial charge in [0.1, 0.15) is 11.3 Å². The Morgan fingerprint density at radius 1 is 1.17 bits per heavy atom. The summed E-state index contributed by atoms with van der Waals surface area (Å²) in [6, 6.07) is 13.4. The van der Waals surface area contributed by atoms with E-state index < -0.39 is 24.1 Å². The molecule has 0 aliphatic heterocycles. The lowest BCUT2D eigenvalue weighted by molar-refractivity contribution is -0.128. The number of imide groups is 1. The van der Waals surface area contributed by atoms with Crippen molar-refractivity contribution in [3.63, 3.8) is 0 Å². The van der Waals surface area contributed by atoms with Crippen molar-refractivity contribution >= 4 is 29.3 Å². The van der Waals surface area contributed by atoms with Crippen molar-refractivity contribution in [1.82, 2.24) is 15.1 Å². The molecule has 9 heteroatoms. The van der Waals surface area contributed by atoms with Crippen molar-refractivity contribution in [3.05, 3.63) is 65.2 Å². The zero-order valence-electron chi connectivity index (χ0n) is 15.8. The first-order valence-corrected chi connectivity index (χ1v) is 9.61. The van der Waals surface area contributed by atoms with Crippen molar-refractivity contribution < 1.29 is 23.9 Å². The van der Waals surface area contributed by atoms with Crippen molar-refractivity contribution in [3.8, 4) is 10.6 Å². The number of esters is 1. The van der Waals surface area contributed by atoms with Gasteiger partial charge in [-0.15, -0.1) is 11.3 Å². The highest BCUT2D eigenvalue weighted by molar-refractivity contribution is 7.13. The van der Waals surface area contributed by atoms with Gasteiger partial charge in [-0.25, -0.2) is 9.59 Å². The van der Waals surface area contributed by atoms with E-state index in [0.29, 0.717) is 12.2 Å². The number of amides is 2. The van der Waals surface area contributed by atoms with Crippen LogP contribution in [0.3, 0.4) is 0 Å². The fourth-order valence-corrected chi connectivity index (χ4v) is 3.27. The van der Waals surface area contributed by atoms with Crippen LogP contribution in [0, 0.1) is 0 Å². The number of nitrogens with one attached hydrogen (secondary N) is 1. The number of aromatic nitrogens is 2. The molecule has 0 saturated carbocycles. The van der Waals surface area contributed by atoms with Crippen molar-refractivity contribution in [1.29, 1.82) is 0 Å². The Balaban J connectivity index is 1.82. The number of nitrogens with zero attached hydrogens (tertiary/aromatic N) is 2. The van der Waals surface area contributed by atoms with E-state index in [0.717, 1.165) is 17.6 Å². The number of benzene rings is 1. The maximum atomic E-state index is 12.7. The molecule has 1 atom stereocenters. The summed E-state index contributed by atoms with van der Waals surface area (Å²) in [6.45, 7) is 1.85. The van der Waals surface area contributed by atoms with E-state index in [1.54, 1.807) is 10.9 Å². The van der Waals surface area contributed by atoms with Crippen LogP contribution in [0.1, 0.15) is 22.8 Å². The van der Waals surface area contributed by atoms with Crippen molar-refractivity contribution in [2.45, 2.75) is 19.6 Å². The number of alkyl carbamates (subject to hydrolysis) is 1. The quantitative estimate of drug-likeness (QED) is 0.624. The van der Waals surface area contributed by atoms with Crippen LogP contribution in [0.15, 0.2) is 54.0 Å². The number of carbonyl (C=O) groups is 3. The molecule has 3 rings (SSSR count). The Morgan fingerprint density at radius 3 is 2.59 bits per heavy atom. The van der Waals surface area contributed by atoms with Gasteiger partial charge >= 0.3 is 12.1 Å². The molecule has 1 aromatic carbocycles. The average molecular weight is 413 g/mol. The van der Waals surface area contributed by atoms with Crippen LogP contribution < -0.4 is 5.32 Å². The zero-order chi connectivity index (χ0) is 20.8. The van der Waals surface area contributed by atoms with Gasteiger partial charge in [-0.3, -0.25) is 14.8 Å². The van der Waals surface area contributed by atoms with Gasteiger partial charge in [0.25, 0.3) is 5.91 Å². The minimum Gasteiger partial charge on any atom is -0.453 e. The molecule has 8 nitrogen and oxygen atoms in total. The molecular weight excluding hydrogens is 394 g/mol. The molecule has 2 aromatic heterocycles. The minimum absolute atomic E-state index is 0.237. The van der Waals surface area contributed by atoms with Gasteiger partial charge in [-0.05, 0) is 23.9 Å². The second kappa shape index (κ2) is 9.16. The molecule has 0 unspecified atom stereocenters. The van der Waals surface area contributed by atoms with E-state index in [1.165, 1.54) is 18.3 Å². The fourth-order valence-electron chi connectivity index (χ4n) is 2.55. The Hall–Kier alpha value is -3.46. The molecule has 0 saturated heterocycles. The smallest absolute Gasteiger partial charge is 0.413 e. The summed E-state index contributed by atoms with van der Waals surface area (Å²) in [7, 11) is 1.13. The number of ether oxygens (including phenoxy) is 2. The Bertz CT molecular complexity index is 999. The molecule has 0 radical (unpaired) electrons. The van der Waals surface area contributed by atoms with Gasteiger partial charge in [0.05, 0.1) is 18.5 Å². The molecule has 0 fully saturated rings. The molecule has 150 valence electrons. The first-order chi connectivity index (χ1) is 14.0. The van der Waals surface area contributed by atoms with Crippen LogP contribution in [0.4, 0.5) is 4.79 Å². The summed E-state index contributed by atoms with van der Waals surface area (Å²) < 4.78 is 11.3. The monoisotopic (exact) mass is 413 g/mol. The van der Waals surface area contributed by atoms with E-state index in [-0.39, 0.29) is 5.56 Å². The molecule has 3 aromatic rings. The highest BCUT2D eigenvalue weighted by Crippen LogP contribution is 2.27. The number of hydrogen-bond donors (Lipinski definition) is 1. The van der Waals surface area contributed by atoms with E-state index in [4.69, 9.17) is 4.74 Å². The lowest BCUT2D eigenvalue weighted by Crippen LogP contribution is -2.39. The molecular formula is C20H19N3O5S. The molecule has 0 aliphatic carbocycles. The summed E-state index contributed by atoms with van der Waals surface area (Å²) >= 11 is 1.44. The van der Waals surface area contributed by atoms with Crippen LogP contribution in [0.25, 0.3) is 10.6 Å². The Kier molecular flexibility index (Phi) is 6.40. The van der Waals surface area contributed by atoms with Crippen molar-refractivity contribution in [2.24, 2.45) is 0 Å². The summed E-state index contributed by atoms with van der Waals surface area (Å²) in [6.07, 6.45) is -0.516. The SMILES string of the molecule is COC(=O)NC(=O)[C@H](C)OC(=O)c1cn(Cc2ccccc2)nc1-c1cccs1. The van der Waals surface area contributed by atoms with Gasteiger partial charge in [0.15, 0.2) is 6.10 Å². The fraction of sp³-hybridized carbons (Fsp3) is 0.200. The maximum absolute atomic E-state index is 12.7. The van der Waals surface area contributed by atoms with Crippen LogP contribution in [0.5, 0.6) is 0 Å². The second-order valence-electron chi connectivity index (χ2n) is 6.08. The molecule has 1 N–H and O–H groups in total. The Labute approximate surface area is 171 Å². The van der Waals surface area contributed by atoms with Crippen LogP contribution >= 0.6 is 11.3 Å². The summed E-state index contributed by atoms with van der Waals surface area (Å²) in [5, 5.41) is 8.39. The number of hydrogen-bond acceptors (Lipinski definition) is 7. The minimum atomic E-state index is -1.18. The zero-order valence-corrected chi connectivity index (χ0v) is 16.6. The predicted molar refractivity (Wildman–Crippen MR) is 107 cm³/mol. The van der Waals surface area contributed by atoms with E-state index in [9.17, 15) is 14.4 Å². The Morgan fingerprint density at radius 2 is 1.93 bits per heavy atom. The highest BCUT2D eigenvalue weighted by atomic mass is 32.1. The third-order valence-corrected chi connectivity index (χ3v) is 4.86. The molecule has 29 heavy (non-hydrogen) atoms. The lowest BCUT2D eigenvalue weighted by Gasteiger charge is -2.12. The average Bonchev–Trinajstić information content (AvgIpc) is 3.38. The normalized spacial score (nSPS) is 11.5. The predicted octanol–water partition coefficient (Wildman–Crippen LogP) is 3.09. The number of thiophene rings is 1. The molecule has 0 bridgehead atoms. The third-order valence-electron chi connectivity index (χ3n) is 3.99. The van der Waals surface area contributed by atoms with Gasteiger partial charge in [-0.1, -0.05) is 36.4 Å². The van der Waals surface area contributed by atoms with Crippen LogP contribution in [-0.4, -0.2) is 41.0 Å². The second-order valence-corrected chi connectivity index (χ2v) is 7.03. The third kappa shape index (κ3) is 5.08. The number of carbonyl (C=O) groups excluding carboxylic acids is 3. The van der Waals surface area contributed by atoms with Gasteiger partial charge in [0, 0.05) is 6.20 Å². The molecule has 0 aliphatic rings. The van der Waals surface area contributed by atoms with Gasteiger partial charge in [-0.2, -0.15) is 5.10 Å². The standard InChI is InChI=1S/C20H19N3O5S/c1-13(18(24)21-20(26)27-2)28-19(25)15-12-23(11-14-7-4-3-5-8-14)22-17(15)16-9-6-10-29-16/h3-10,12-13H,11H2,1-2H3,(H,21,24,26)/t13-/m0/s1. The lowest BCUT2D eigenvalue weighted by atomic mass is 10.2. The highest BCUT2D eigenvalue weighted by Gasteiger charge is 2.25. The first-order valence-electron chi connectivity index (χ1n) is 8.73. The number of methoxy groups -OCH3 is 1. The van der Waals surface area contributed by atoms with E-state index in [1.807, 2.05) is 53.2 Å². The van der Waals surface area contributed by atoms with Gasteiger partial charge in [0.2, 0.25) is 0 Å². The molecule has 2 amide bonds. The van der Waals surface area contributed by atoms with Gasteiger partial charge < -0.3 is 9.47 Å². The molecule has 0 spiro atoms. The first kappa shape index (κ1) is 20.3. The van der Waals surface area contributed by atoms with Crippen LogP contribution in [0.2, 0.25) is 0 Å². The van der Waals surface area contributed by atoms with Crippen LogP contribution in [-0.2, 0) is 20.8 Å². The van der Waals surface area contributed by atoms with E-state index >= 15 is 0 Å². The largest absolute Gasteiger partial charge is 0.453 e. The maximum Gasteiger partial charge on any atom is 0.413 e. The summed E-state index contributed by atoms with van der Waals surface area (Å²) in [5.41, 5.74) is 1.74. The summed E-state index contributed by atoms with van der Waals surface area (Å²) in [5.74, 6) is -1.49. The van der Waals surface area contributed by atoms with E-state index in [2.05, 4.69) is 9.84 Å². The number of rotatable bonds is 6. The molecule has 2 heterocycles. The summed E-state index contributed by atoms with van der Waals surface area (Å²) in [4.78, 5) is 36.6. The topological polar surface area (TPSA) is 99.5 Å². The van der Waals surface area contributed by atoms with Crippen molar-refractivity contribution in [2.75, 3.05) is 7.11 Å².